The fraction of sp³-hybridized carbons (Fsp3) is 0.538. The van der Waals surface area contributed by atoms with Gasteiger partial charge in [0.15, 0.2) is 4.90 Å². The van der Waals surface area contributed by atoms with Gasteiger partial charge >= 0.3 is 0 Å². The van der Waals surface area contributed by atoms with Crippen LogP contribution in [0.3, 0.4) is 0 Å². The molecule has 1 fully saturated rings. The second-order valence-electron chi connectivity index (χ2n) is 5.38. The number of sulfonamides is 1. The van der Waals surface area contributed by atoms with Gasteiger partial charge in [-0.05, 0) is 30.9 Å². The highest BCUT2D eigenvalue weighted by Crippen LogP contribution is 2.30. The van der Waals surface area contributed by atoms with E-state index < -0.39 is 31.6 Å². The fourth-order valence-electron chi connectivity index (χ4n) is 2.82. The van der Waals surface area contributed by atoms with Crippen LogP contribution in [-0.4, -0.2) is 25.9 Å². The number of nitrogens with zero attached hydrogens (tertiary/aromatic N) is 1. The SMILES string of the molecule is Cl.NCC(NS(=O)(=O)c1ccc(Cl)cc1[N+](=O)[O-])C1CCCC1. The summed E-state index contributed by atoms with van der Waals surface area (Å²) in [5.41, 5.74) is 5.14. The predicted octanol–water partition coefficient (Wildman–Crippen LogP) is 2.47. The van der Waals surface area contributed by atoms with E-state index in [0.717, 1.165) is 37.8 Å². The highest BCUT2D eigenvalue weighted by atomic mass is 35.5. The summed E-state index contributed by atoms with van der Waals surface area (Å²) < 4.78 is 27.5. The van der Waals surface area contributed by atoms with Crippen molar-refractivity contribution in [2.45, 2.75) is 36.6 Å². The molecular weight excluding hydrogens is 365 g/mol. The molecule has 0 bridgehead atoms. The van der Waals surface area contributed by atoms with E-state index in [-0.39, 0.29) is 29.9 Å². The average Bonchev–Trinajstić information content (AvgIpc) is 2.98. The molecule has 0 saturated heterocycles. The number of halogens is 2. The Balaban J connectivity index is 0.00000264. The minimum absolute atomic E-state index is 0. The first-order chi connectivity index (χ1) is 10.3. The van der Waals surface area contributed by atoms with Crippen molar-refractivity contribution >= 4 is 39.7 Å². The molecular formula is C13H19Cl2N3O4S. The molecule has 1 aromatic carbocycles. The molecule has 1 aliphatic carbocycles. The van der Waals surface area contributed by atoms with Gasteiger partial charge in [0.2, 0.25) is 10.0 Å². The lowest BCUT2D eigenvalue weighted by atomic mass is 9.99. The quantitative estimate of drug-likeness (QED) is 0.577. The maximum atomic E-state index is 12.5. The third-order valence-corrected chi connectivity index (χ3v) is 5.71. The number of hydrogen-bond acceptors (Lipinski definition) is 5. The largest absolute Gasteiger partial charge is 0.329 e. The summed E-state index contributed by atoms with van der Waals surface area (Å²) in [6, 6.07) is 3.08. The summed E-state index contributed by atoms with van der Waals surface area (Å²) in [7, 11) is -4.03. The van der Waals surface area contributed by atoms with Gasteiger partial charge in [-0.15, -0.1) is 12.4 Å². The van der Waals surface area contributed by atoms with Gasteiger partial charge < -0.3 is 5.73 Å². The molecule has 0 aliphatic heterocycles. The highest BCUT2D eigenvalue weighted by molar-refractivity contribution is 7.89. The van der Waals surface area contributed by atoms with Crippen LogP contribution in [0, 0.1) is 16.0 Å². The topological polar surface area (TPSA) is 115 Å². The minimum atomic E-state index is -4.03. The number of nitrogens with two attached hydrogens (primary N) is 1. The molecule has 0 spiro atoms. The standard InChI is InChI=1S/C13H18ClN3O4S.ClH/c14-10-5-6-13(12(7-10)17(18)19)22(20,21)16-11(8-15)9-3-1-2-4-9;/h5-7,9,11,16H,1-4,8,15H2;1H. The molecule has 1 aromatic rings. The van der Waals surface area contributed by atoms with Gasteiger partial charge in [0.1, 0.15) is 0 Å². The molecule has 2 rings (SSSR count). The van der Waals surface area contributed by atoms with E-state index in [0.29, 0.717) is 0 Å². The summed E-state index contributed by atoms with van der Waals surface area (Å²) in [6.45, 7) is 0.158. The van der Waals surface area contributed by atoms with Crippen molar-refractivity contribution in [2.75, 3.05) is 6.54 Å². The minimum Gasteiger partial charge on any atom is -0.329 e. The molecule has 1 saturated carbocycles. The fourth-order valence-corrected chi connectivity index (χ4v) is 4.46. The molecule has 0 heterocycles. The smallest absolute Gasteiger partial charge is 0.290 e. The van der Waals surface area contributed by atoms with Crippen molar-refractivity contribution in [1.29, 1.82) is 0 Å². The van der Waals surface area contributed by atoms with Crippen LogP contribution in [0.4, 0.5) is 5.69 Å². The van der Waals surface area contributed by atoms with Crippen LogP contribution in [0.1, 0.15) is 25.7 Å². The molecule has 0 aromatic heterocycles. The Kier molecular flexibility index (Phi) is 7.22. The zero-order valence-electron chi connectivity index (χ0n) is 12.3. The Morgan fingerprint density at radius 3 is 2.52 bits per heavy atom. The molecule has 1 unspecified atom stereocenters. The Morgan fingerprint density at radius 1 is 1.39 bits per heavy atom. The number of nitro groups is 1. The number of nitrogens with one attached hydrogen (secondary N) is 1. The summed E-state index contributed by atoms with van der Waals surface area (Å²) in [5, 5.41) is 11.2. The van der Waals surface area contributed by atoms with Crippen molar-refractivity contribution in [3.63, 3.8) is 0 Å². The molecule has 0 radical (unpaired) electrons. The highest BCUT2D eigenvalue weighted by Gasteiger charge is 2.32. The van der Waals surface area contributed by atoms with Gasteiger partial charge in [-0.25, -0.2) is 13.1 Å². The van der Waals surface area contributed by atoms with Crippen molar-refractivity contribution in [2.24, 2.45) is 11.7 Å². The van der Waals surface area contributed by atoms with Crippen LogP contribution in [0.2, 0.25) is 5.02 Å². The normalized spacial score (nSPS) is 16.8. The molecule has 130 valence electrons. The molecule has 23 heavy (non-hydrogen) atoms. The van der Waals surface area contributed by atoms with Crippen LogP contribution in [0.15, 0.2) is 23.1 Å². The van der Waals surface area contributed by atoms with Gasteiger partial charge in [-0.1, -0.05) is 24.4 Å². The van der Waals surface area contributed by atoms with E-state index in [9.17, 15) is 18.5 Å². The van der Waals surface area contributed by atoms with E-state index in [1.165, 1.54) is 6.07 Å². The summed E-state index contributed by atoms with van der Waals surface area (Å²) >= 11 is 5.71. The Labute approximate surface area is 146 Å². The van der Waals surface area contributed by atoms with E-state index in [2.05, 4.69) is 4.72 Å². The predicted molar refractivity (Wildman–Crippen MR) is 90.5 cm³/mol. The van der Waals surface area contributed by atoms with Crippen LogP contribution < -0.4 is 10.5 Å². The van der Waals surface area contributed by atoms with Crippen molar-refractivity contribution < 1.29 is 13.3 Å². The average molecular weight is 384 g/mol. The molecule has 7 nitrogen and oxygen atoms in total. The Morgan fingerprint density at radius 2 is 2.00 bits per heavy atom. The zero-order chi connectivity index (χ0) is 16.3. The third kappa shape index (κ3) is 4.77. The molecule has 10 heteroatoms. The molecule has 1 aliphatic rings. The maximum absolute atomic E-state index is 12.5. The zero-order valence-corrected chi connectivity index (χ0v) is 14.7. The first-order valence-corrected chi connectivity index (χ1v) is 8.87. The first kappa shape index (κ1) is 20.1. The van der Waals surface area contributed by atoms with Gasteiger partial charge in [0.05, 0.1) is 4.92 Å². The number of hydrogen-bond donors (Lipinski definition) is 2. The maximum Gasteiger partial charge on any atom is 0.290 e. The lowest BCUT2D eigenvalue weighted by molar-refractivity contribution is -0.387. The third-order valence-electron chi connectivity index (χ3n) is 3.94. The Hall–Kier alpha value is -0.930. The van der Waals surface area contributed by atoms with E-state index in [4.69, 9.17) is 17.3 Å². The summed E-state index contributed by atoms with van der Waals surface area (Å²) in [6.07, 6.45) is 3.91. The van der Waals surface area contributed by atoms with Crippen molar-refractivity contribution in [3.8, 4) is 0 Å². The summed E-state index contributed by atoms with van der Waals surface area (Å²) in [5.74, 6) is 0.172. The van der Waals surface area contributed by atoms with E-state index in [1.807, 2.05) is 0 Å². The van der Waals surface area contributed by atoms with E-state index in [1.54, 1.807) is 0 Å². The van der Waals surface area contributed by atoms with Crippen LogP contribution in [-0.2, 0) is 10.0 Å². The first-order valence-electron chi connectivity index (χ1n) is 7.01. The van der Waals surface area contributed by atoms with Gasteiger partial charge in [-0.2, -0.15) is 0 Å². The van der Waals surface area contributed by atoms with Crippen molar-refractivity contribution in [1.82, 2.24) is 4.72 Å². The van der Waals surface area contributed by atoms with Crippen LogP contribution in [0.5, 0.6) is 0 Å². The second kappa shape index (κ2) is 8.25. The number of rotatable bonds is 6. The lowest BCUT2D eigenvalue weighted by Crippen LogP contribution is -2.44. The van der Waals surface area contributed by atoms with Crippen LogP contribution >= 0.6 is 24.0 Å². The Bertz CT molecular complexity index is 663. The van der Waals surface area contributed by atoms with Crippen LogP contribution in [0.25, 0.3) is 0 Å². The van der Waals surface area contributed by atoms with E-state index >= 15 is 0 Å². The second-order valence-corrected chi connectivity index (χ2v) is 7.50. The molecule has 1 atom stereocenters. The monoisotopic (exact) mass is 383 g/mol. The van der Waals surface area contributed by atoms with Gasteiger partial charge in [-0.3, -0.25) is 10.1 Å². The van der Waals surface area contributed by atoms with Crippen molar-refractivity contribution in [3.05, 3.63) is 33.3 Å². The lowest BCUT2D eigenvalue weighted by Gasteiger charge is -2.22. The molecule has 0 amide bonds. The van der Waals surface area contributed by atoms with Gasteiger partial charge in [0.25, 0.3) is 5.69 Å². The van der Waals surface area contributed by atoms with Gasteiger partial charge in [0, 0.05) is 23.7 Å². The number of benzene rings is 1. The summed E-state index contributed by atoms with van der Waals surface area (Å²) in [4.78, 5) is 9.92. The molecule has 3 N–H and O–H groups in total. The number of nitro benzene ring substituents is 1.